The second-order valence-electron chi connectivity index (χ2n) is 10.3. The lowest BCUT2D eigenvalue weighted by Crippen LogP contribution is -2.46. The molecule has 0 amide bonds. The molecule has 1 saturated carbocycles. The summed E-state index contributed by atoms with van der Waals surface area (Å²) in [7, 11) is 1.62. The van der Waals surface area contributed by atoms with Gasteiger partial charge in [0.05, 0.1) is 7.11 Å². The van der Waals surface area contributed by atoms with Crippen molar-refractivity contribution in [1.82, 2.24) is 4.90 Å². The quantitative estimate of drug-likeness (QED) is 0.581. The van der Waals surface area contributed by atoms with Crippen molar-refractivity contribution >= 4 is 5.97 Å². The molecule has 0 bridgehead atoms. The van der Waals surface area contributed by atoms with E-state index in [4.69, 9.17) is 18.9 Å². The fraction of sp³-hybridized carbons (Fsp3) is 0.536. The Bertz CT molecular complexity index is 1120. The Labute approximate surface area is 205 Å². The summed E-state index contributed by atoms with van der Waals surface area (Å²) in [4.78, 5) is 15.4. The Morgan fingerprint density at radius 2 is 1.83 bits per heavy atom. The standard InChI is InChI=1S/C28H32FNO5/c1-32-21-2-4-23(29)19(17-21)16-18-8-12-30(13-9-18)20-6-10-28(11-7-20)22-3-5-24-26(34-15-14-33-24)25(22)27(31)35-28/h2-5,17-18,20H,6-16H2,1H3. The maximum absolute atomic E-state index is 14.3. The number of esters is 1. The first-order valence-corrected chi connectivity index (χ1v) is 12.8. The maximum atomic E-state index is 14.3. The molecule has 2 fully saturated rings. The molecule has 1 aliphatic carbocycles. The monoisotopic (exact) mass is 481 g/mol. The summed E-state index contributed by atoms with van der Waals surface area (Å²) in [5.74, 6) is 1.95. The van der Waals surface area contributed by atoms with Crippen LogP contribution in [0.25, 0.3) is 0 Å². The Morgan fingerprint density at radius 3 is 2.60 bits per heavy atom. The van der Waals surface area contributed by atoms with Crippen LogP contribution in [0.3, 0.4) is 0 Å². The summed E-state index contributed by atoms with van der Waals surface area (Å²) < 4.78 is 37.1. The van der Waals surface area contributed by atoms with E-state index in [9.17, 15) is 9.18 Å². The van der Waals surface area contributed by atoms with Gasteiger partial charge in [0.2, 0.25) is 0 Å². The Kier molecular flexibility index (Phi) is 5.83. The van der Waals surface area contributed by atoms with Crippen LogP contribution in [0.1, 0.15) is 60.0 Å². The third-order valence-corrected chi connectivity index (χ3v) is 8.38. The zero-order chi connectivity index (χ0) is 24.0. The lowest BCUT2D eigenvalue weighted by atomic mass is 9.76. The predicted molar refractivity (Wildman–Crippen MR) is 128 cm³/mol. The molecule has 0 aromatic heterocycles. The van der Waals surface area contributed by atoms with Crippen molar-refractivity contribution in [3.8, 4) is 17.2 Å². The van der Waals surface area contributed by atoms with E-state index in [1.807, 2.05) is 18.2 Å². The summed E-state index contributed by atoms with van der Waals surface area (Å²) in [6.07, 6.45) is 6.54. The van der Waals surface area contributed by atoms with Crippen LogP contribution in [0.2, 0.25) is 0 Å². The van der Waals surface area contributed by atoms with Crippen molar-refractivity contribution in [2.24, 2.45) is 5.92 Å². The van der Waals surface area contributed by atoms with Gasteiger partial charge in [0.1, 0.15) is 35.9 Å². The van der Waals surface area contributed by atoms with Gasteiger partial charge in [0.15, 0.2) is 11.5 Å². The third-order valence-electron chi connectivity index (χ3n) is 8.38. The molecule has 3 heterocycles. The van der Waals surface area contributed by atoms with Crippen molar-refractivity contribution in [1.29, 1.82) is 0 Å². The summed E-state index contributed by atoms with van der Waals surface area (Å²) in [6, 6.07) is 9.42. The topological polar surface area (TPSA) is 57.2 Å². The average Bonchev–Trinajstić information content (AvgIpc) is 3.17. The van der Waals surface area contributed by atoms with Crippen LogP contribution in [0, 0.1) is 11.7 Å². The highest BCUT2D eigenvalue weighted by Gasteiger charge is 2.50. The van der Waals surface area contributed by atoms with Gasteiger partial charge in [-0.15, -0.1) is 0 Å². The molecule has 3 aliphatic heterocycles. The maximum Gasteiger partial charge on any atom is 0.343 e. The number of benzene rings is 2. The van der Waals surface area contributed by atoms with Gasteiger partial charge in [-0.25, -0.2) is 9.18 Å². The summed E-state index contributed by atoms with van der Waals surface area (Å²) >= 11 is 0. The van der Waals surface area contributed by atoms with Crippen LogP contribution in [0.15, 0.2) is 30.3 Å². The molecular formula is C28H32FNO5. The number of piperidine rings is 1. The van der Waals surface area contributed by atoms with E-state index >= 15 is 0 Å². The molecule has 6 nitrogen and oxygen atoms in total. The lowest BCUT2D eigenvalue weighted by Gasteiger charge is -2.43. The summed E-state index contributed by atoms with van der Waals surface area (Å²) in [5.41, 5.74) is 1.73. The van der Waals surface area contributed by atoms with Gasteiger partial charge >= 0.3 is 5.97 Å². The van der Waals surface area contributed by atoms with E-state index in [0.717, 1.165) is 69.2 Å². The zero-order valence-corrected chi connectivity index (χ0v) is 20.2. The van der Waals surface area contributed by atoms with E-state index < -0.39 is 5.60 Å². The molecule has 2 aromatic carbocycles. The van der Waals surface area contributed by atoms with Crippen LogP contribution in [0.4, 0.5) is 4.39 Å². The second kappa shape index (κ2) is 9.01. The molecule has 35 heavy (non-hydrogen) atoms. The minimum atomic E-state index is -0.541. The first-order valence-electron chi connectivity index (χ1n) is 12.8. The van der Waals surface area contributed by atoms with Gasteiger partial charge in [0, 0.05) is 11.6 Å². The van der Waals surface area contributed by atoms with Gasteiger partial charge in [-0.3, -0.25) is 0 Å². The highest BCUT2D eigenvalue weighted by molar-refractivity contribution is 5.98. The molecule has 0 N–H and O–H groups in total. The van der Waals surface area contributed by atoms with E-state index in [1.165, 1.54) is 6.07 Å². The number of rotatable bonds is 4. The molecule has 1 saturated heterocycles. The smallest absolute Gasteiger partial charge is 0.343 e. The van der Waals surface area contributed by atoms with Gasteiger partial charge < -0.3 is 23.8 Å². The Morgan fingerprint density at radius 1 is 1.06 bits per heavy atom. The largest absolute Gasteiger partial charge is 0.497 e. The predicted octanol–water partition coefficient (Wildman–Crippen LogP) is 4.87. The number of ether oxygens (including phenoxy) is 4. The number of methoxy groups -OCH3 is 1. The molecule has 0 radical (unpaired) electrons. The molecule has 1 spiro atoms. The molecular weight excluding hydrogens is 449 g/mol. The van der Waals surface area contributed by atoms with Crippen LogP contribution < -0.4 is 14.2 Å². The van der Waals surface area contributed by atoms with Gasteiger partial charge in [-0.05, 0) is 93.8 Å². The minimum absolute atomic E-state index is 0.143. The number of hydrogen-bond donors (Lipinski definition) is 0. The normalized spacial score (nSPS) is 26.5. The van der Waals surface area contributed by atoms with Gasteiger partial charge in [0.25, 0.3) is 0 Å². The van der Waals surface area contributed by atoms with Crippen molar-refractivity contribution in [2.45, 2.75) is 56.6 Å². The molecule has 0 unspecified atom stereocenters. The first-order chi connectivity index (χ1) is 17.1. The van der Waals surface area contributed by atoms with E-state index in [2.05, 4.69) is 4.90 Å². The van der Waals surface area contributed by atoms with E-state index in [0.29, 0.717) is 48.0 Å². The van der Waals surface area contributed by atoms with Crippen molar-refractivity contribution < 1.29 is 28.1 Å². The number of nitrogens with zero attached hydrogens (tertiary/aromatic N) is 1. The first kappa shape index (κ1) is 22.7. The molecule has 6 rings (SSSR count). The van der Waals surface area contributed by atoms with Crippen molar-refractivity contribution in [3.05, 3.63) is 52.8 Å². The van der Waals surface area contributed by atoms with Crippen LogP contribution >= 0.6 is 0 Å². The molecule has 186 valence electrons. The lowest BCUT2D eigenvalue weighted by molar-refractivity contribution is -0.0446. The molecule has 4 aliphatic rings. The van der Waals surface area contributed by atoms with Gasteiger partial charge in [-0.2, -0.15) is 0 Å². The van der Waals surface area contributed by atoms with Gasteiger partial charge in [-0.1, -0.05) is 6.07 Å². The SMILES string of the molecule is COc1ccc(F)c(CC2CCN(C3CCC4(CC3)OC(=O)c3c4ccc4c3OCCO4)CC2)c1. The Hall–Kier alpha value is -2.80. The number of halogens is 1. The van der Waals surface area contributed by atoms with Crippen molar-refractivity contribution in [3.63, 3.8) is 0 Å². The summed E-state index contributed by atoms with van der Waals surface area (Å²) in [6.45, 7) is 3.01. The summed E-state index contributed by atoms with van der Waals surface area (Å²) in [5, 5.41) is 0. The number of fused-ring (bicyclic) bond motifs is 4. The number of likely N-dealkylation sites (tertiary alicyclic amines) is 1. The average molecular weight is 482 g/mol. The van der Waals surface area contributed by atoms with E-state index in [1.54, 1.807) is 13.2 Å². The zero-order valence-electron chi connectivity index (χ0n) is 20.2. The van der Waals surface area contributed by atoms with Crippen LogP contribution in [0.5, 0.6) is 17.2 Å². The van der Waals surface area contributed by atoms with Crippen LogP contribution in [-0.4, -0.2) is 50.3 Å². The minimum Gasteiger partial charge on any atom is -0.497 e. The van der Waals surface area contributed by atoms with E-state index in [-0.39, 0.29) is 11.8 Å². The molecule has 2 aromatic rings. The highest BCUT2D eigenvalue weighted by atomic mass is 19.1. The number of hydrogen-bond acceptors (Lipinski definition) is 6. The van der Waals surface area contributed by atoms with Crippen molar-refractivity contribution in [2.75, 3.05) is 33.4 Å². The fourth-order valence-corrected chi connectivity index (χ4v) is 6.45. The fourth-order valence-electron chi connectivity index (χ4n) is 6.45. The molecule has 0 atom stereocenters. The van der Waals surface area contributed by atoms with Crippen LogP contribution in [-0.2, 0) is 16.8 Å². The molecule has 7 heteroatoms. The number of carbonyl (C=O) groups is 1. The Balaban J connectivity index is 1.08. The highest BCUT2D eigenvalue weighted by Crippen LogP contribution is 2.52. The second-order valence-corrected chi connectivity index (χ2v) is 10.3. The third kappa shape index (κ3) is 4.03. The number of carbonyl (C=O) groups excluding carboxylic acids is 1.